The second-order valence-electron chi connectivity index (χ2n) is 4.62. The predicted molar refractivity (Wildman–Crippen MR) is 92.3 cm³/mol. The minimum Gasteiger partial charge on any atom is -0.462 e. The van der Waals surface area contributed by atoms with E-state index >= 15 is 0 Å². The van der Waals surface area contributed by atoms with Crippen LogP contribution in [0.15, 0.2) is 35.7 Å². The Balaban J connectivity index is 2.22. The molecule has 0 spiro atoms. The monoisotopic (exact) mass is 363 g/mol. The Labute approximate surface area is 148 Å². The average molecular weight is 363 g/mol. The molecule has 1 aromatic carbocycles. The van der Waals surface area contributed by atoms with Crippen molar-refractivity contribution in [3.8, 4) is 5.75 Å². The zero-order chi connectivity index (χ0) is 18.2. The van der Waals surface area contributed by atoms with Crippen LogP contribution in [0, 0.1) is 0 Å². The number of amides is 1. The van der Waals surface area contributed by atoms with Crippen LogP contribution in [-0.4, -0.2) is 31.2 Å². The van der Waals surface area contributed by atoms with Crippen LogP contribution in [-0.2, 0) is 9.47 Å². The van der Waals surface area contributed by atoms with Crippen LogP contribution in [0.4, 0.5) is 9.80 Å². The number of rotatable bonds is 6. The Morgan fingerprint density at radius 1 is 1.00 bits per heavy atom. The van der Waals surface area contributed by atoms with E-state index in [9.17, 15) is 14.4 Å². The van der Waals surface area contributed by atoms with Crippen LogP contribution >= 0.6 is 11.3 Å². The molecule has 2 rings (SSSR count). The van der Waals surface area contributed by atoms with Gasteiger partial charge in [0.1, 0.15) is 16.3 Å². The van der Waals surface area contributed by atoms with Crippen molar-refractivity contribution in [1.29, 1.82) is 0 Å². The van der Waals surface area contributed by atoms with E-state index in [1.165, 1.54) is 5.38 Å². The van der Waals surface area contributed by atoms with Crippen LogP contribution in [0.25, 0.3) is 0 Å². The van der Waals surface area contributed by atoms with Gasteiger partial charge in [-0.05, 0) is 26.0 Å². The lowest BCUT2D eigenvalue weighted by molar-refractivity contribution is 0.0481. The molecule has 0 aliphatic rings. The number of para-hydroxylation sites is 1. The van der Waals surface area contributed by atoms with Gasteiger partial charge in [-0.15, -0.1) is 11.3 Å². The number of hydrogen-bond acceptors (Lipinski definition) is 7. The summed E-state index contributed by atoms with van der Waals surface area (Å²) in [5, 5.41) is 4.05. The standard InChI is InChI=1S/C17H17NO6S/c1-3-22-15(19)12-10-25-14(13(12)16(20)23-4-2)18-17(21)24-11-8-6-5-7-9-11/h5-10H,3-4H2,1-2H3,(H,18,21). The Bertz CT molecular complexity index is 756. The van der Waals surface area contributed by atoms with Crippen LogP contribution in [0.1, 0.15) is 34.6 Å². The van der Waals surface area contributed by atoms with E-state index in [2.05, 4.69) is 5.32 Å². The van der Waals surface area contributed by atoms with Crippen molar-refractivity contribution in [2.45, 2.75) is 13.8 Å². The van der Waals surface area contributed by atoms with Gasteiger partial charge in [-0.3, -0.25) is 5.32 Å². The lowest BCUT2D eigenvalue weighted by Gasteiger charge is -2.08. The third kappa shape index (κ3) is 4.80. The van der Waals surface area contributed by atoms with E-state index in [0.717, 1.165) is 11.3 Å². The van der Waals surface area contributed by atoms with Gasteiger partial charge in [-0.1, -0.05) is 18.2 Å². The zero-order valence-corrected chi connectivity index (χ0v) is 14.6. The number of nitrogens with one attached hydrogen (secondary N) is 1. The number of thiophene rings is 1. The fourth-order valence-corrected chi connectivity index (χ4v) is 2.83. The Morgan fingerprint density at radius 2 is 1.64 bits per heavy atom. The van der Waals surface area contributed by atoms with Gasteiger partial charge < -0.3 is 14.2 Å². The van der Waals surface area contributed by atoms with E-state index in [1.54, 1.807) is 44.2 Å². The molecular formula is C17H17NO6S. The third-order valence-electron chi connectivity index (χ3n) is 2.94. The number of carbonyl (C=O) groups is 3. The molecule has 0 aliphatic heterocycles. The second-order valence-corrected chi connectivity index (χ2v) is 5.50. The van der Waals surface area contributed by atoms with Gasteiger partial charge in [0.2, 0.25) is 0 Å². The van der Waals surface area contributed by atoms with Crippen molar-refractivity contribution in [3.63, 3.8) is 0 Å². The molecule has 1 amide bonds. The highest BCUT2D eigenvalue weighted by molar-refractivity contribution is 7.15. The Kier molecular flexibility index (Phi) is 6.53. The maximum absolute atomic E-state index is 12.2. The van der Waals surface area contributed by atoms with Gasteiger partial charge in [-0.25, -0.2) is 14.4 Å². The highest BCUT2D eigenvalue weighted by Gasteiger charge is 2.26. The normalized spacial score (nSPS) is 10.0. The van der Waals surface area contributed by atoms with E-state index in [0.29, 0.717) is 5.75 Å². The largest absolute Gasteiger partial charge is 0.462 e. The first kappa shape index (κ1) is 18.5. The molecule has 0 radical (unpaired) electrons. The predicted octanol–water partition coefficient (Wildman–Crippen LogP) is 3.71. The van der Waals surface area contributed by atoms with E-state index < -0.39 is 18.0 Å². The molecule has 0 fully saturated rings. The van der Waals surface area contributed by atoms with Crippen molar-refractivity contribution in [3.05, 3.63) is 46.8 Å². The minimum atomic E-state index is -0.783. The van der Waals surface area contributed by atoms with Crippen LogP contribution in [0.5, 0.6) is 5.75 Å². The topological polar surface area (TPSA) is 90.9 Å². The van der Waals surface area contributed by atoms with Crippen LogP contribution < -0.4 is 10.1 Å². The third-order valence-corrected chi connectivity index (χ3v) is 3.83. The summed E-state index contributed by atoms with van der Waals surface area (Å²) in [6.07, 6.45) is -0.783. The summed E-state index contributed by atoms with van der Waals surface area (Å²) in [5.41, 5.74) is -0.00405. The van der Waals surface area contributed by atoms with Crippen LogP contribution in [0.3, 0.4) is 0 Å². The molecule has 0 aliphatic carbocycles. The number of anilines is 1. The zero-order valence-electron chi connectivity index (χ0n) is 13.7. The molecule has 0 atom stereocenters. The first-order chi connectivity index (χ1) is 12.1. The summed E-state index contributed by atoms with van der Waals surface area (Å²) in [7, 11) is 0. The molecule has 0 unspecified atom stereocenters. The number of carbonyl (C=O) groups excluding carboxylic acids is 3. The first-order valence-corrected chi connectivity index (χ1v) is 8.44. The minimum absolute atomic E-state index is 0.0420. The molecular weight excluding hydrogens is 346 g/mol. The lowest BCUT2D eigenvalue weighted by Crippen LogP contribution is -2.19. The number of benzene rings is 1. The smallest absolute Gasteiger partial charge is 0.417 e. The molecule has 132 valence electrons. The molecule has 7 nitrogen and oxygen atoms in total. The summed E-state index contributed by atoms with van der Waals surface area (Å²) in [4.78, 5) is 36.2. The average Bonchev–Trinajstić information content (AvgIpc) is 2.99. The molecule has 0 saturated carbocycles. The van der Waals surface area contributed by atoms with Crippen molar-refractivity contribution in [1.82, 2.24) is 0 Å². The molecule has 0 bridgehead atoms. The molecule has 8 heteroatoms. The molecule has 1 N–H and O–H groups in total. The number of ether oxygens (including phenoxy) is 3. The fraction of sp³-hybridized carbons (Fsp3) is 0.235. The van der Waals surface area contributed by atoms with E-state index in [4.69, 9.17) is 14.2 Å². The van der Waals surface area contributed by atoms with Gasteiger partial charge >= 0.3 is 18.0 Å². The second kappa shape index (κ2) is 8.84. The summed E-state index contributed by atoms with van der Waals surface area (Å²) < 4.78 is 15.0. The van der Waals surface area contributed by atoms with Gasteiger partial charge in [0, 0.05) is 5.38 Å². The number of hydrogen-bond donors (Lipinski definition) is 1. The summed E-state index contributed by atoms with van der Waals surface area (Å²) >= 11 is 1.01. The quantitative estimate of drug-likeness (QED) is 0.787. The van der Waals surface area contributed by atoms with Gasteiger partial charge in [0.05, 0.1) is 18.8 Å². The van der Waals surface area contributed by atoms with Crippen molar-refractivity contribution < 1.29 is 28.6 Å². The summed E-state index contributed by atoms with van der Waals surface area (Å²) in [6, 6.07) is 8.45. The number of esters is 2. The highest BCUT2D eigenvalue weighted by Crippen LogP contribution is 2.30. The molecule has 2 aromatic rings. The van der Waals surface area contributed by atoms with E-state index in [1.807, 2.05) is 0 Å². The van der Waals surface area contributed by atoms with Crippen molar-refractivity contribution in [2.24, 2.45) is 0 Å². The highest BCUT2D eigenvalue weighted by atomic mass is 32.1. The molecule has 25 heavy (non-hydrogen) atoms. The maximum Gasteiger partial charge on any atom is 0.417 e. The molecule has 0 saturated heterocycles. The van der Waals surface area contributed by atoms with Crippen molar-refractivity contribution in [2.75, 3.05) is 18.5 Å². The van der Waals surface area contributed by atoms with Crippen molar-refractivity contribution >= 4 is 34.4 Å². The fourth-order valence-electron chi connectivity index (χ4n) is 1.93. The molecule has 1 aromatic heterocycles. The van der Waals surface area contributed by atoms with Crippen LogP contribution in [0.2, 0.25) is 0 Å². The Morgan fingerprint density at radius 3 is 2.28 bits per heavy atom. The van der Waals surface area contributed by atoms with Gasteiger partial charge in [0.15, 0.2) is 0 Å². The maximum atomic E-state index is 12.2. The Hall–Kier alpha value is -2.87. The SMILES string of the molecule is CCOC(=O)c1csc(NC(=O)Oc2ccccc2)c1C(=O)OCC. The summed E-state index contributed by atoms with van der Waals surface area (Å²) in [5.74, 6) is -1.03. The first-order valence-electron chi connectivity index (χ1n) is 7.56. The molecule has 1 heterocycles. The summed E-state index contributed by atoms with van der Waals surface area (Å²) in [6.45, 7) is 3.59. The lowest BCUT2D eigenvalue weighted by atomic mass is 10.2. The van der Waals surface area contributed by atoms with Gasteiger partial charge in [-0.2, -0.15) is 0 Å². The van der Waals surface area contributed by atoms with E-state index in [-0.39, 0.29) is 29.3 Å². The van der Waals surface area contributed by atoms with Gasteiger partial charge in [0.25, 0.3) is 0 Å².